The van der Waals surface area contributed by atoms with Gasteiger partial charge in [-0.05, 0) is 55.0 Å². The topological polar surface area (TPSA) is 23.6 Å². The maximum absolute atomic E-state index is 13.6. The number of benzene rings is 1. The van der Waals surface area contributed by atoms with E-state index in [0.29, 0.717) is 19.1 Å². The van der Waals surface area contributed by atoms with E-state index in [1.165, 1.54) is 12.1 Å². The van der Waals surface area contributed by atoms with E-state index in [-0.39, 0.29) is 21.0 Å². The number of hydrogen-bond donors (Lipinski definition) is 0. The monoisotopic (exact) mass is 362 g/mol. The molecule has 1 aromatic rings. The predicted molar refractivity (Wildman–Crippen MR) is 81.7 cm³/mol. The highest BCUT2D eigenvalue weighted by molar-refractivity contribution is 9.10. The van der Waals surface area contributed by atoms with E-state index in [1.807, 2.05) is 14.1 Å². The highest BCUT2D eigenvalue weighted by Crippen LogP contribution is 2.27. The fourth-order valence-corrected chi connectivity index (χ4v) is 3.16. The lowest BCUT2D eigenvalue weighted by atomic mass is 10.0. The number of nitrogens with zero attached hydrogens (tertiary/aromatic N) is 2. The third-order valence-electron chi connectivity index (χ3n) is 3.72. The van der Waals surface area contributed by atoms with Gasteiger partial charge in [0, 0.05) is 19.1 Å². The summed E-state index contributed by atoms with van der Waals surface area (Å²) in [7, 11) is 4.09. The summed E-state index contributed by atoms with van der Waals surface area (Å²) in [4.78, 5) is 16.3. The molecule has 1 aliphatic heterocycles. The summed E-state index contributed by atoms with van der Waals surface area (Å²) in [6, 6.07) is 3.12. The van der Waals surface area contributed by atoms with Crippen molar-refractivity contribution >= 4 is 33.4 Å². The zero-order chi connectivity index (χ0) is 14.9. The van der Waals surface area contributed by atoms with Crippen molar-refractivity contribution in [3.63, 3.8) is 0 Å². The molecule has 0 radical (unpaired) electrons. The second-order valence-electron chi connectivity index (χ2n) is 5.23. The minimum atomic E-state index is -0.471. The van der Waals surface area contributed by atoms with Crippen molar-refractivity contribution in [3.05, 3.63) is 33.0 Å². The standard InChI is InChI=1S/C14H17BrClFN2O/c1-18(2)9-3-5-19(6-4-9)14(20)10-7-13(17)11(15)8-12(10)16/h7-9H,3-6H2,1-2H3. The van der Waals surface area contributed by atoms with Crippen molar-refractivity contribution in [3.8, 4) is 0 Å². The Morgan fingerprint density at radius 1 is 1.40 bits per heavy atom. The molecule has 0 bridgehead atoms. The van der Waals surface area contributed by atoms with Crippen molar-refractivity contribution in [2.24, 2.45) is 0 Å². The Kier molecular flexibility index (Phi) is 5.04. The van der Waals surface area contributed by atoms with Gasteiger partial charge in [-0.2, -0.15) is 0 Å². The Labute approximate surface area is 131 Å². The molecule has 1 heterocycles. The molecule has 110 valence electrons. The predicted octanol–water partition coefficient (Wildman–Crippen LogP) is 3.41. The molecule has 6 heteroatoms. The first-order chi connectivity index (χ1) is 9.40. The van der Waals surface area contributed by atoms with Crippen LogP contribution >= 0.6 is 27.5 Å². The van der Waals surface area contributed by atoms with Gasteiger partial charge < -0.3 is 9.80 Å². The average molecular weight is 364 g/mol. The largest absolute Gasteiger partial charge is 0.338 e. The number of halogens is 3. The second-order valence-corrected chi connectivity index (χ2v) is 6.49. The molecular weight excluding hydrogens is 347 g/mol. The molecule has 1 amide bonds. The van der Waals surface area contributed by atoms with Gasteiger partial charge in [0.2, 0.25) is 0 Å². The molecule has 0 atom stereocenters. The molecule has 0 spiro atoms. The number of rotatable bonds is 2. The second kappa shape index (κ2) is 6.41. The summed E-state index contributed by atoms with van der Waals surface area (Å²) < 4.78 is 13.8. The van der Waals surface area contributed by atoms with Crippen molar-refractivity contribution < 1.29 is 9.18 Å². The number of amides is 1. The summed E-state index contributed by atoms with van der Waals surface area (Å²) >= 11 is 9.10. The smallest absolute Gasteiger partial charge is 0.255 e. The molecule has 3 nitrogen and oxygen atoms in total. The van der Waals surface area contributed by atoms with Gasteiger partial charge in [-0.15, -0.1) is 0 Å². The lowest BCUT2D eigenvalue weighted by Crippen LogP contribution is -2.44. The van der Waals surface area contributed by atoms with Crippen LogP contribution in [-0.2, 0) is 0 Å². The van der Waals surface area contributed by atoms with Gasteiger partial charge in [-0.25, -0.2) is 4.39 Å². The quantitative estimate of drug-likeness (QED) is 0.752. The Hall–Kier alpha value is -0.650. The van der Waals surface area contributed by atoms with Crippen molar-refractivity contribution in [1.82, 2.24) is 9.80 Å². The zero-order valence-corrected chi connectivity index (χ0v) is 13.8. The van der Waals surface area contributed by atoms with E-state index in [1.54, 1.807) is 4.90 Å². The molecule has 20 heavy (non-hydrogen) atoms. The number of piperidine rings is 1. The van der Waals surface area contributed by atoms with E-state index in [0.717, 1.165) is 12.8 Å². The molecule has 0 N–H and O–H groups in total. The first kappa shape index (κ1) is 15.7. The van der Waals surface area contributed by atoms with Crippen LogP contribution in [0.25, 0.3) is 0 Å². The highest BCUT2D eigenvalue weighted by Gasteiger charge is 2.26. The fraction of sp³-hybridized carbons (Fsp3) is 0.500. The molecule has 0 saturated carbocycles. The maximum Gasteiger partial charge on any atom is 0.255 e. The number of carbonyl (C=O) groups excluding carboxylic acids is 1. The molecule has 2 rings (SSSR count). The normalized spacial score (nSPS) is 16.8. The molecule has 0 aromatic heterocycles. The third kappa shape index (κ3) is 3.32. The van der Waals surface area contributed by atoms with Crippen LogP contribution in [-0.4, -0.2) is 48.9 Å². The van der Waals surface area contributed by atoms with Gasteiger partial charge >= 0.3 is 0 Å². The Balaban J connectivity index is 2.11. The van der Waals surface area contributed by atoms with Crippen molar-refractivity contribution in [2.45, 2.75) is 18.9 Å². The first-order valence-electron chi connectivity index (χ1n) is 6.50. The van der Waals surface area contributed by atoms with Crippen LogP contribution in [0.3, 0.4) is 0 Å². The van der Waals surface area contributed by atoms with E-state index >= 15 is 0 Å². The Morgan fingerprint density at radius 3 is 2.55 bits per heavy atom. The Bertz CT molecular complexity index is 516. The minimum absolute atomic E-state index is 0.196. The van der Waals surface area contributed by atoms with Gasteiger partial charge in [-0.3, -0.25) is 4.79 Å². The van der Waals surface area contributed by atoms with Gasteiger partial charge in [0.1, 0.15) is 5.82 Å². The summed E-state index contributed by atoms with van der Waals surface area (Å²) in [6.07, 6.45) is 1.85. The van der Waals surface area contributed by atoms with Gasteiger partial charge in [0.15, 0.2) is 0 Å². The maximum atomic E-state index is 13.6. The summed E-state index contributed by atoms with van der Waals surface area (Å²) in [5.74, 6) is -0.667. The fourth-order valence-electron chi connectivity index (χ4n) is 2.44. The minimum Gasteiger partial charge on any atom is -0.338 e. The summed E-state index contributed by atoms with van der Waals surface area (Å²) in [5, 5.41) is 0.276. The average Bonchev–Trinajstić information content (AvgIpc) is 2.42. The molecule has 1 aliphatic rings. The van der Waals surface area contributed by atoms with Crippen LogP contribution in [0.15, 0.2) is 16.6 Å². The number of likely N-dealkylation sites (tertiary alicyclic amines) is 1. The van der Waals surface area contributed by atoms with Gasteiger partial charge in [-0.1, -0.05) is 11.6 Å². The van der Waals surface area contributed by atoms with E-state index in [9.17, 15) is 9.18 Å². The van der Waals surface area contributed by atoms with E-state index in [4.69, 9.17) is 11.6 Å². The van der Waals surface area contributed by atoms with Crippen LogP contribution in [0.1, 0.15) is 23.2 Å². The zero-order valence-electron chi connectivity index (χ0n) is 11.5. The van der Waals surface area contributed by atoms with E-state index in [2.05, 4.69) is 20.8 Å². The lowest BCUT2D eigenvalue weighted by molar-refractivity contribution is 0.0663. The van der Waals surface area contributed by atoms with Crippen LogP contribution in [0.2, 0.25) is 5.02 Å². The molecule has 1 aromatic carbocycles. The summed E-state index contributed by atoms with van der Waals surface area (Å²) in [5.41, 5.74) is 0.232. The number of carbonyl (C=O) groups is 1. The molecule has 0 unspecified atom stereocenters. The van der Waals surface area contributed by atoms with E-state index < -0.39 is 5.82 Å². The molecular formula is C14H17BrClFN2O. The van der Waals surface area contributed by atoms with Crippen LogP contribution in [0.5, 0.6) is 0 Å². The van der Waals surface area contributed by atoms with Gasteiger partial charge in [0.05, 0.1) is 15.1 Å². The number of hydrogen-bond acceptors (Lipinski definition) is 2. The van der Waals surface area contributed by atoms with Crippen LogP contribution in [0, 0.1) is 5.82 Å². The van der Waals surface area contributed by atoms with Crippen LogP contribution < -0.4 is 0 Å². The molecule has 0 aliphatic carbocycles. The van der Waals surface area contributed by atoms with Crippen molar-refractivity contribution in [2.75, 3.05) is 27.2 Å². The Morgan fingerprint density at radius 2 is 2.00 bits per heavy atom. The molecule has 1 saturated heterocycles. The lowest BCUT2D eigenvalue weighted by Gasteiger charge is -2.35. The molecule has 1 fully saturated rings. The van der Waals surface area contributed by atoms with Crippen molar-refractivity contribution in [1.29, 1.82) is 0 Å². The highest BCUT2D eigenvalue weighted by atomic mass is 79.9. The SMILES string of the molecule is CN(C)C1CCN(C(=O)c2cc(F)c(Br)cc2Cl)CC1. The summed E-state index contributed by atoms with van der Waals surface area (Å²) in [6.45, 7) is 1.35. The first-order valence-corrected chi connectivity index (χ1v) is 7.67. The van der Waals surface area contributed by atoms with Gasteiger partial charge in [0.25, 0.3) is 5.91 Å². The van der Waals surface area contributed by atoms with Crippen LogP contribution in [0.4, 0.5) is 4.39 Å². The third-order valence-corrected chi connectivity index (χ3v) is 4.64.